The number of carbonyl (C=O) groups is 1. The van der Waals surface area contributed by atoms with Crippen LogP contribution in [0, 0.1) is 6.92 Å². The fraction of sp³-hybridized carbons (Fsp3) is 0.125. The zero-order chi connectivity index (χ0) is 10.1. The number of aryl methyl sites for hydroxylation is 1. The Balaban J connectivity index is 2.48. The van der Waals surface area contributed by atoms with Crippen LogP contribution in [-0.2, 0) is 0 Å². The Morgan fingerprint density at radius 1 is 1.57 bits per heavy atom. The second-order valence-electron chi connectivity index (χ2n) is 2.61. The second-order valence-corrected chi connectivity index (χ2v) is 4.33. The van der Waals surface area contributed by atoms with Crippen molar-refractivity contribution in [2.45, 2.75) is 6.92 Å². The minimum atomic E-state index is -0.929. The maximum Gasteiger partial charge on any atom is 0.347 e. The van der Waals surface area contributed by atoms with Gasteiger partial charge in [-0.3, -0.25) is 0 Å². The van der Waals surface area contributed by atoms with Gasteiger partial charge in [-0.15, -0.1) is 22.7 Å². The van der Waals surface area contributed by atoms with Gasteiger partial charge in [-0.2, -0.15) is 0 Å². The van der Waals surface area contributed by atoms with Crippen LogP contribution in [0.3, 0.4) is 0 Å². The summed E-state index contributed by atoms with van der Waals surface area (Å²) < 4.78 is 0. The number of aromatic nitrogens is 2. The molecule has 14 heavy (non-hydrogen) atoms. The molecule has 2 rings (SSSR count). The monoisotopic (exact) mass is 226 g/mol. The summed E-state index contributed by atoms with van der Waals surface area (Å²) in [6.07, 6.45) is 0. The molecule has 0 fully saturated rings. The van der Waals surface area contributed by atoms with E-state index in [4.69, 9.17) is 5.11 Å². The van der Waals surface area contributed by atoms with Crippen LogP contribution in [0.1, 0.15) is 15.4 Å². The topological polar surface area (TPSA) is 63.1 Å². The normalized spacial score (nSPS) is 10.4. The lowest BCUT2D eigenvalue weighted by Gasteiger charge is -1.84. The van der Waals surface area contributed by atoms with Gasteiger partial charge < -0.3 is 5.11 Å². The fourth-order valence-electron chi connectivity index (χ4n) is 1.02. The number of hydrogen-bond donors (Lipinski definition) is 1. The molecule has 0 amide bonds. The maximum absolute atomic E-state index is 10.8. The molecular weight excluding hydrogens is 220 g/mol. The standard InChI is InChI=1S/C8H6N2O2S2/c1-4-6(8(11)12)14-7(10-4)5-2-13-3-9-5/h2-3H,1H3,(H,11,12). The summed E-state index contributed by atoms with van der Waals surface area (Å²) in [5.74, 6) is -0.929. The van der Waals surface area contributed by atoms with Crippen molar-refractivity contribution >= 4 is 28.6 Å². The summed E-state index contributed by atoms with van der Waals surface area (Å²) in [7, 11) is 0. The molecule has 72 valence electrons. The molecule has 4 nitrogen and oxygen atoms in total. The van der Waals surface area contributed by atoms with E-state index in [0.29, 0.717) is 10.7 Å². The van der Waals surface area contributed by atoms with E-state index in [0.717, 1.165) is 17.0 Å². The van der Waals surface area contributed by atoms with Crippen molar-refractivity contribution in [2.24, 2.45) is 0 Å². The Bertz CT molecular complexity index is 462. The Kier molecular flexibility index (Phi) is 2.30. The summed E-state index contributed by atoms with van der Waals surface area (Å²) >= 11 is 2.62. The highest BCUT2D eigenvalue weighted by Crippen LogP contribution is 2.27. The third-order valence-electron chi connectivity index (χ3n) is 1.64. The van der Waals surface area contributed by atoms with Crippen molar-refractivity contribution in [1.82, 2.24) is 9.97 Å². The number of rotatable bonds is 2. The maximum atomic E-state index is 10.8. The van der Waals surface area contributed by atoms with Gasteiger partial charge in [-0.25, -0.2) is 14.8 Å². The first-order chi connectivity index (χ1) is 6.68. The molecule has 0 spiro atoms. The molecule has 2 aromatic rings. The van der Waals surface area contributed by atoms with E-state index in [1.807, 2.05) is 5.38 Å². The van der Waals surface area contributed by atoms with E-state index in [1.165, 1.54) is 11.3 Å². The molecule has 0 aliphatic rings. The average molecular weight is 226 g/mol. The highest BCUT2D eigenvalue weighted by molar-refractivity contribution is 7.17. The molecule has 0 unspecified atom stereocenters. The van der Waals surface area contributed by atoms with Gasteiger partial charge >= 0.3 is 5.97 Å². The summed E-state index contributed by atoms with van der Waals surface area (Å²) in [5, 5.41) is 11.3. The van der Waals surface area contributed by atoms with Gasteiger partial charge in [-0.1, -0.05) is 0 Å². The number of aromatic carboxylic acids is 1. The summed E-state index contributed by atoms with van der Waals surface area (Å²) in [6.45, 7) is 1.69. The van der Waals surface area contributed by atoms with Gasteiger partial charge in [0.2, 0.25) is 0 Å². The molecule has 2 heterocycles. The molecule has 6 heteroatoms. The van der Waals surface area contributed by atoms with Crippen LogP contribution >= 0.6 is 22.7 Å². The molecule has 0 radical (unpaired) electrons. The molecule has 0 aromatic carbocycles. The van der Waals surface area contributed by atoms with Crippen molar-refractivity contribution in [1.29, 1.82) is 0 Å². The second kappa shape index (κ2) is 3.47. The largest absolute Gasteiger partial charge is 0.477 e. The number of thiazole rings is 2. The molecule has 0 saturated carbocycles. The highest BCUT2D eigenvalue weighted by atomic mass is 32.1. The quantitative estimate of drug-likeness (QED) is 0.853. The van der Waals surface area contributed by atoms with Crippen molar-refractivity contribution < 1.29 is 9.90 Å². The molecule has 0 aliphatic carbocycles. The molecular formula is C8H6N2O2S2. The minimum Gasteiger partial charge on any atom is -0.477 e. The van der Waals surface area contributed by atoms with Crippen LogP contribution in [0.15, 0.2) is 10.9 Å². The lowest BCUT2D eigenvalue weighted by atomic mass is 10.4. The molecule has 0 aliphatic heterocycles. The zero-order valence-electron chi connectivity index (χ0n) is 7.22. The molecule has 0 saturated heterocycles. The Hall–Kier alpha value is -1.27. The molecule has 2 aromatic heterocycles. The fourth-order valence-corrected chi connectivity index (χ4v) is 2.51. The van der Waals surface area contributed by atoms with E-state index >= 15 is 0 Å². The van der Waals surface area contributed by atoms with Gasteiger partial charge in [0, 0.05) is 5.38 Å². The molecule has 1 N–H and O–H groups in total. The zero-order valence-corrected chi connectivity index (χ0v) is 8.85. The van der Waals surface area contributed by atoms with E-state index in [9.17, 15) is 4.79 Å². The lowest BCUT2D eigenvalue weighted by molar-refractivity contribution is 0.0701. The molecule has 0 bridgehead atoms. The highest BCUT2D eigenvalue weighted by Gasteiger charge is 2.15. The number of hydrogen-bond acceptors (Lipinski definition) is 5. The first kappa shape index (κ1) is 9.29. The van der Waals surface area contributed by atoms with Gasteiger partial charge in [-0.05, 0) is 6.92 Å². The van der Waals surface area contributed by atoms with Crippen LogP contribution in [0.2, 0.25) is 0 Å². The minimum absolute atomic E-state index is 0.285. The first-order valence-electron chi connectivity index (χ1n) is 3.78. The Morgan fingerprint density at radius 3 is 2.86 bits per heavy atom. The predicted octanol–water partition coefficient (Wildman–Crippen LogP) is 2.27. The van der Waals surface area contributed by atoms with Crippen LogP contribution in [0.5, 0.6) is 0 Å². The smallest absolute Gasteiger partial charge is 0.347 e. The van der Waals surface area contributed by atoms with Gasteiger partial charge in [0.1, 0.15) is 15.6 Å². The van der Waals surface area contributed by atoms with E-state index in [2.05, 4.69) is 9.97 Å². The third kappa shape index (κ3) is 1.53. The van der Waals surface area contributed by atoms with Gasteiger partial charge in [0.15, 0.2) is 0 Å². The van der Waals surface area contributed by atoms with Crippen molar-refractivity contribution in [3.8, 4) is 10.7 Å². The van der Waals surface area contributed by atoms with Crippen LogP contribution in [0.4, 0.5) is 0 Å². The van der Waals surface area contributed by atoms with Crippen molar-refractivity contribution in [2.75, 3.05) is 0 Å². The van der Waals surface area contributed by atoms with E-state index in [-0.39, 0.29) is 4.88 Å². The van der Waals surface area contributed by atoms with Crippen LogP contribution in [-0.4, -0.2) is 21.0 Å². The van der Waals surface area contributed by atoms with E-state index < -0.39 is 5.97 Å². The lowest BCUT2D eigenvalue weighted by Crippen LogP contribution is -1.94. The van der Waals surface area contributed by atoms with Crippen molar-refractivity contribution in [3.63, 3.8) is 0 Å². The number of nitrogens with zero attached hydrogens (tertiary/aromatic N) is 2. The third-order valence-corrected chi connectivity index (χ3v) is 3.40. The predicted molar refractivity (Wildman–Crippen MR) is 54.9 cm³/mol. The van der Waals surface area contributed by atoms with Crippen LogP contribution < -0.4 is 0 Å². The summed E-state index contributed by atoms with van der Waals surface area (Å²) in [6, 6.07) is 0. The summed E-state index contributed by atoms with van der Waals surface area (Å²) in [5.41, 5.74) is 2.99. The Labute approximate surface area is 87.9 Å². The van der Waals surface area contributed by atoms with Crippen LogP contribution in [0.25, 0.3) is 10.7 Å². The number of carboxylic acids is 1. The summed E-state index contributed by atoms with van der Waals surface area (Å²) in [4.78, 5) is 19.3. The van der Waals surface area contributed by atoms with Gasteiger partial charge in [0.25, 0.3) is 0 Å². The first-order valence-corrected chi connectivity index (χ1v) is 5.53. The van der Waals surface area contributed by atoms with Crippen molar-refractivity contribution in [3.05, 3.63) is 21.5 Å². The van der Waals surface area contributed by atoms with E-state index in [1.54, 1.807) is 12.4 Å². The Morgan fingerprint density at radius 2 is 2.36 bits per heavy atom. The van der Waals surface area contributed by atoms with Gasteiger partial charge in [0.05, 0.1) is 11.2 Å². The SMILES string of the molecule is Cc1nc(-c2cscn2)sc1C(=O)O. The molecule has 0 atom stereocenters. The number of carboxylic acid groups (broad SMARTS) is 1. The average Bonchev–Trinajstić information content (AvgIpc) is 2.70.